The second-order valence-corrected chi connectivity index (χ2v) is 4.96. The molecule has 2 aromatic heterocycles. The van der Waals surface area contributed by atoms with Gasteiger partial charge in [-0.25, -0.2) is 4.79 Å². The van der Waals surface area contributed by atoms with Crippen LogP contribution in [0.1, 0.15) is 50.0 Å². The summed E-state index contributed by atoms with van der Waals surface area (Å²) in [7, 11) is 0. The van der Waals surface area contributed by atoms with Crippen molar-refractivity contribution >= 4 is 24.1 Å². The first-order chi connectivity index (χ1) is 14.0. The molecule has 0 saturated heterocycles. The molecule has 6 nitrogen and oxygen atoms in total. The highest BCUT2D eigenvalue weighted by Crippen LogP contribution is 1.99. The summed E-state index contributed by atoms with van der Waals surface area (Å²) >= 11 is 0. The van der Waals surface area contributed by atoms with Crippen molar-refractivity contribution < 1.29 is 19.1 Å². The Balaban J connectivity index is 0. The number of pyridine rings is 2. The van der Waals surface area contributed by atoms with Crippen molar-refractivity contribution in [1.82, 2.24) is 9.97 Å². The molecule has 29 heavy (non-hydrogen) atoms. The van der Waals surface area contributed by atoms with Crippen LogP contribution in [-0.2, 0) is 14.3 Å². The molecule has 0 amide bonds. The van der Waals surface area contributed by atoms with E-state index in [1.165, 1.54) is 6.20 Å². The Hall–Kier alpha value is -3.41. The Morgan fingerprint density at radius 3 is 1.93 bits per heavy atom. The lowest BCUT2D eigenvalue weighted by molar-refractivity contribution is -0.137. The molecule has 0 saturated carbocycles. The second-order valence-electron chi connectivity index (χ2n) is 4.96. The van der Waals surface area contributed by atoms with E-state index in [0.717, 1.165) is 17.9 Å². The first-order valence-electron chi connectivity index (χ1n) is 9.23. The summed E-state index contributed by atoms with van der Waals surface area (Å²) < 4.78 is 4.43. The van der Waals surface area contributed by atoms with Gasteiger partial charge in [0.25, 0.3) is 0 Å². The number of nitrogens with zero attached hydrogens (tertiary/aromatic N) is 2. The molecule has 156 valence electrons. The van der Waals surface area contributed by atoms with E-state index in [2.05, 4.69) is 21.3 Å². The molecule has 0 spiro atoms. The Kier molecular flexibility index (Phi) is 20.0. The summed E-state index contributed by atoms with van der Waals surface area (Å²) in [5.41, 5.74) is 1.64. The zero-order chi connectivity index (χ0) is 22.3. The maximum atomic E-state index is 10.6. The molecule has 6 heteroatoms. The van der Waals surface area contributed by atoms with Gasteiger partial charge in [0.15, 0.2) is 6.29 Å². The van der Waals surface area contributed by atoms with Gasteiger partial charge < -0.3 is 4.74 Å². The van der Waals surface area contributed by atoms with Crippen LogP contribution in [0.25, 0.3) is 6.08 Å². The molecule has 0 aliphatic carbocycles. The Bertz CT molecular complexity index is 714. The fourth-order valence-corrected chi connectivity index (χ4v) is 1.48. The molecular weight excluding hydrogens is 368 g/mol. The molecule has 0 aliphatic heterocycles. The van der Waals surface area contributed by atoms with Crippen molar-refractivity contribution in [2.75, 3.05) is 6.61 Å². The van der Waals surface area contributed by atoms with Crippen LogP contribution in [0.4, 0.5) is 0 Å². The van der Waals surface area contributed by atoms with Crippen LogP contribution in [0.3, 0.4) is 0 Å². The van der Waals surface area contributed by atoms with Crippen LogP contribution in [0, 0.1) is 0 Å². The third-order valence-electron chi connectivity index (χ3n) is 2.67. The first kappa shape index (κ1) is 27.8. The van der Waals surface area contributed by atoms with E-state index in [1.807, 2.05) is 38.1 Å². The summed E-state index contributed by atoms with van der Waals surface area (Å²) in [5.74, 6) is -0.183. The van der Waals surface area contributed by atoms with E-state index in [1.54, 1.807) is 44.6 Å². The van der Waals surface area contributed by atoms with Crippen molar-refractivity contribution in [2.24, 2.45) is 0 Å². The number of ether oxygens (including phenoxy) is 1. The fraction of sp³-hybridized carbons (Fsp3) is 0.261. The smallest absolute Gasteiger partial charge is 0.330 e. The maximum Gasteiger partial charge on any atom is 0.330 e. The lowest BCUT2D eigenvalue weighted by Crippen LogP contribution is -1.97. The van der Waals surface area contributed by atoms with Crippen molar-refractivity contribution in [1.29, 1.82) is 0 Å². The molecule has 0 bridgehead atoms. The lowest BCUT2D eigenvalue weighted by atomic mass is 10.2. The summed E-state index contributed by atoms with van der Waals surface area (Å²) in [6.45, 7) is 11.0. The Morgan fingerprint density at radius 2 is 1.62 bits per heavy atom. The second kappa shape index (κ2) is 20.9. The summed E-state index contributed by atoms with van der Waals surface area (Å²) in [5, 5.41) is 0. The van der Waals surface area contributed by atoms with Crippen molar-refractivity contribution in [3.05, 3.63) is 78.9 Å². The molecular formula is C23H30N2O4. The number of aldehydes is 1. The highest BCUT2D eigenvalue weighted by molar-refractivity contribution is 5.81. The quantitative estimate of drug-likeness (QED) is 0.397. The van der Waals surface area contributed by atoms with Crippen molar-refractivity contribution in [3.8, 4) is 0 Å². The predicted octanol–water partition coefficient (Wildman–Crippen LogP) is 4.73. The monoisotopic (exact) mass is 398 g/mol. The molecule has 0 N–H and O–H groups in total. The molecule has 0 fully saturated rings. The number of allylic oxidation sites excluding steroid dienone is 1. The minimum absolute atomic E-state index is 0.176. The number of hydrogen-bond acceptors (Lipinski definition) is 6. The largest absolute Gasteiger partial charge is 0.463 e. The average Bonchev–Trinajstić information content (AvgIpc) is 2.77. The molecule has 2 aromatic rings. The van der Waals surface area contributed by atoms with Gasteiger partial charge in [-0.3, -0.25) is 19.6 Å². The molecule has 0 unspecified atom stereocenters. The number of aromatic nitrogens is 2. The van der Waals surface area contributed by atoms with E-state index in [4.69, 9.17) is 0 Å². The average molecular weight is 399 g/mol. The van der Waals surface area contributed by atoms with E-state index in [9.17, 15) is 14.4 Å². The summed E-state index contributed by atoms with van der Waals surface area (Å²) in [6, 6.07) is 7.25. The number of hydrogen-bond donors (Lipinski definition) is 0. The zero-order valence-corrected chi connectivity index (χ0v) is 17.6. The SMILES string of the molecule is C=CC(=O)OCC.CC.CC(=O)C/C=C/c1cccnc1.O=Cc1cccnc1. The van der Waals surface area contributed by atoms with Gasteiger partial charge in [-0.05, 0) is 37.6 Å². The number of ketones is 1. The molecule has 0 radical (unpaired) electrons. The van der Waals surface area contributed by atoms with Gasteiger partial charge in [-0.15, -0.1) is 0 Å². The minimum atomic E-state index is -0.359. The summed E-state index contributed by atoms with van der Waals surface area (Å²) in [4.78, 5) is 38.3. The highest BCUT2D eigenvalue weighted by Gasteiger charge is 1.87. The fourth-order valence-electron chi connectivity index (χ4n) is 1.48. The van der Waals surface area contributed by atoms with Gasteiger partial charge in [0, 0.05) is 42.8 Å². The molecule has 2 heterocycles. The number of carbonyl (C=O) groups excluding carboxylic acids is 3. The zero-order valence-electron chi connectivity index (χ0n) is 17.6. The van der Waals surface area contributed by atoms with Crippen LogP contribution >= 0.6 is 0 Å². The van der Waals surface area contributed by atoms with Crippen LogP contribution in [0.5, 0.6) is 0 Å². The van der Waals surface area contributed by atoms with Crippen molar-refractivity contribution in [3.63, 3.8) is 0 Å². The minimum Gasteiger partial charge on any atom is -0.463 e. The molecule has 2 rings (SSSR count). The Morgan fingerprint density at radius 1 is 1.07 bits per heavy atom. The van der Waals surface area contributed by atoms with Gasteiger partial charge in [0.05, 0.1) is 6.61 Å². The van der Waals surface area contributed by atoms with E-state index in [0.29, 0.717) is 18.6 Å². The number of esters is 1. The number of rotatable bonds is 6. The highest BCUT2D eigenvalue weighted by atomic mass is 16.5. The van der Waals surface area contributed by atoms with Gasteiger partial charge >= 0.3 is 5.97 Å². The third-order valence-corrected chi connectivity index (χ3v) is 2.67. The normalized spacial score (nSPS) is 8.69. The van der Waals surface area contributed by atoms with Crippen molar-refractivity contribution in [2.45, 2.75) is 34.1 Å². The third kappa shape index (κ3) is 19.2. The van der Waals surface area contributed by atoms with E-state index >= 15 is 0 Å². The number of carbonyl (C=O) groups is 3. The van der Waals surface area contributed by atoms with E-state index in [-0.39, 0.29) is 11.8 Å². The molecule has 0 aromatic carbocycles. The first-order valence-corrected chi connectivity index (χ1v) is 9.23. The standard InChI is InChI=1S/C10H11NO.C6H5NO.C5H8O2.C2H6/c1-9(12)4-2-5-10-6-3-7-11-8-10;8-5-6-2-1-3-7-4-6;1-3-5(6)7-4-2;1-2/h2-3,5-8H,4H2,1H3;1-5H;3H,1,4H2,2H3;1-2H3/b5-2+;;;. The predicted molar refractivity (Wildman–Crippen MR) is 116 cm³/mol. The molecule has 0 atom stereocenters. The van der Waals surface area contributed by atoms with E-state index < -0.39 is 0 Å². The Labute approximate surface area is 173 Å². The van der Waals surface area contributed by atoms with Crippen LogP contribution < -0.4 is 0 Å². The van der Waals surface area contributed by atoms with Crippen LogP contribution in [0.15, 0.2) is 67.8 Å². The summed E-state index contributed by atoms with van der Waals surface area (Å²) in [6.07, 6.45) is 12.8. The van der Waals surface area contributed by atoms with Gasteiger partial charge in [-0.1, -0.05) is 38.6 Å². The molecule has 0 aliphatic rings. The topological polar surface area (TPSA) is 86.2 Å². The van der Waals surface area contributed by atoms with Gasteiger partial charge in [0.2, 0.25) is 0 Å². The van der Waals surface area contributed by atoms with Crippen LogP contribution in [0.2, 0.25) is 0 Å². The van der Waals surface area contributed by atoms with Crippen LogP contribution in [-0.4, -0.2) is 34.6 Å². The van der Waals surface area contributed by atoms with Gasteiger partial charge in [0.1, 0.15) is 5.78 Å². The van der Waals surface area contributed by atoms with Gasteiger partial charge in [-0.2, -0.15) is 0 Å². The lowest BCUT2D eigenvalue weighted by Gasteiger charge is -1.90. The number of Topliss-reactive ketones (excluding diaryl/α,β-unsaturated/α-hetero) is 1. The maximum absolute atomic E-state index is 10.6.